The van der Waals surface area contributed by atoms with E-state index in [1.54, 1.807) is 12.5 Å². The first-order valence-electron chi connectivity index (χ1n) is 10.1. The molecule has 0 aromatic carbocycles. The van der Waals surface area contributed by atoms with Gasteiger partial charge in [0, 0.05) is 38.2 Å². The van der Waals surface area contributed by atoms with Crippen LogP contribution in [0.3, 0.4) is 0 Å². The minimum absolute atomic E-state index is 0.0237. The van der Waals surface area contributed by atoms with Crippen LogP contribution in [0.2, 0.25) is 0 Å². The molecule has 30 heavy (non-hydrogen) atoms. The fourth-order valence-corrected chi connectivity index (χ4v) is 3.85. The van der Waals surface area contributed by atoms with E-state index in [0.29, 0.717) is 23.8 Å². The number of imidazole rings is 2. The summed E-state index contributed by atoms with van der Waals surface area (Å²) in [7, 11) is 2.09. The van der Waals surface area contributed by atoms with Crippen LogP contribution in [-0.4, -0.2) is 72.9 Å². The second-order valence-electron chi connectivity index (χ2n) is 7.54. The normalized spacial score (nSPS) is 15.4. The monoisotopic (exact) mass is 401 g/mol. The summed E-state index contributed by atoms with van der Waals surface area (Å²) in [6, 6.07) is 11.5. The van der Waals surface area contributed by atoms with Crippen LogP contribution in [0.15, 0.2) is 61.3 Å². The van der Waals surface area contributed by atoms with E-state index in [1.807, 2.05) is 62.7 Å². The number of pyridine rings is 2. The molecule has 0 bridgehead atoms. The number of nitrogens with zero attached hydrogens (tertiary/aromatic N) is 7. The Labute approximate surface area is 174 Å². The molecule has 5 heterocycles. The zero-order chi connectivity index (χ0) is 20.5. The van der Waals surface area contributed by atoms with Crippen LogP contribution in [0.5, 0.6) is 0 Å². The average molecular weight is 401 g/mol. The van der Waals surface area contributed by atoms with Gasteiger partial charge in [0.1, 0.15) is 17.8 Å². The Hall–Kier alpha value is -3.52. The van der Waals surface area contributed by atoms with Crippen LogP contribution in [0.1, 0.15) is 16.9 Å². The van der Waals surface area contributed by atoms with Gasteiger partial charge in [-0.05, 0) is 44.3 Å². The molecule has 8 heteroatoms. The molecule has 4 aromatic heterocycles. The standard InChI is InChI=1S/C22H23N7O/c1-26-10-6-11-27(14-13-26)22(30)20-18-7-3-5-12-29(18)21(25-20)17-15-28(16-24-17)19-8-2-4-9-23-19/h2-5,7-9,12,15-16H,6,10-11,13-14H2,1H3. The van der Waals surface area contributed by atoms with Crippen molar-refractivity contribution in [1.29, 1.82) is 0 Å². The van der Waals surface area contributed by atoms with Crippen molar-refractivity contribution >= 4 is 11.4 Å². The third-order valence-electron chi connectivity index (χ3n) is 5.48. The van der Waals surface area contributed by atoms with Crippen molar-refractivity contribution in [2.45, 2.75) is 6.42 Å². The first-order valence-corrected chi connectivity index (χ1v) is 10.1. The Bertz CT molecular complexity index is 1180. The van der Waals surface area contributed by atoms with Gasteiger partial charge in [0.25, 0.3) is 5.91 Å². The summed E-state index contributed by atoms with van der Waals surface area (Å²) in [5, 5.41) is 0. The predicted octanol–water partition coefficient (Wildman–Crippen LogP) is 2.36. The fourth-order valence-electron chi connectivity index (χ4n) is 3.85. The number of fused-ring (bicyclic) bond motifs is 1. The van der Waals surface area contributed by atoms with Crippen LogP contribution >= 0.6 is 0 Å². The first-order chi connectivity index (χ1) is 14.7. The largest absolute Gasteiger partial charge is 0.336 e. The summed E-state index contributed by atoms with van der Waals surface area (Å²) in [5.74, 6) is 1.40. The number of hydrogen-bond donors (Lipinski definition) is 0. The van der Waals surface area contributed by atoms with E-state index in [4.69, 9.17) is 4.98 Å². The quantitative estimate of drug-likeness (QED) is 0.527. The summed E-state index contributed by atoms with van der Waals surface area (Å²) in [6.07, 6.45) is 8.24. The highest BCUT2D eigenvalue weighted by molar-refractivity contribution is 6.00. The number of carbonyl (C=O) groups excluding carboxylic acids is 1. The Morgan fingerprint density at radius 3 is 2.77 bits per heavy atom. The first kappa shape index (κ1) is 18.5. The molecule has 8 nitrogen and oxygen atoms in total. The lowest BCUT2D eigenvalue weighted by Gasteiger charge is -2.19. The molecule has 4 aromatic rings. The van der Waals surface area contributed by atoms with Crippen molar-refractivity contribution in [3.05, 3.63) is 67.0 Å². The molecule has 1 saturated heterocycles. The van der Waals surface area contributed by atoms with Crippen molar-refractivity contribution in [1.82, 2.24) is 33.7 Å². The van der Waals surface area contributed by atoms with Gasteiger partial charge in [-0.15, -0.1) is 0 Å². The molecular weight excluding hydrogens is 378 g/mol. The SMILES string of the molecule is CN1CCCN(C(=O)c2nc(-c3cn(-c4ccccn4)cn3)n3ccccc23)CC1. The molecular formula is C22H23N7O. The maximum atomic E-state index is 13.3. The number of amides is 1. The van der Waals surface area contributed by atoms with Gasteiger partial charge in [0.05, 0.1) is 5.52 Å². The van der Waals surface area contributed by atoms with Gasteiger partial charge in [-0.25, -0.2) is 15.0 Å². The van der Waals surface area contributed by atoms with Crippen LogP contribution in [0.4, 0.5) is 0 Å². The van der Waals surface area contributed by atoms with Gasteiger partial charge < -0.3 is 9.80 Å². The van der Waals surface area contributed by atoms with E-state index in [1.165, 1.54) is 0 Å². The molecule has 1 amide bonds. The zero-order valence-corrected chi connectivity index (χ0v) is 16.8. The second kappa shape index (κ2) is 7.72. The number of carbonyl (C=O) groups is 1. The van der Waals surface area contributed by atoms with E-state index < -0.39 is 0 Å². The molecule has 0 unspecified atom stereocenters. The van der Waals surface area contributed by atoms with Gasteiger partial charge in [-0.3, -0.25) is 13.8 Å². The van der Waals surface area contributed by atoms with Gasteiger partial charge in [-0.1, -0.05) is 12.1 Å². The zero-order valence-electron chi connectivity index (χ0n) is 16.8. The van der Waals surface area contributed by atoms with Crippen LogP contribution < -0.4 is 0 Å². The van der Waals surface area contributed by atoms with Crippen molar-refractivity contribution in [3.63, 3.8) is 0 Å². The maximum absolute atomic E-state index is 13.3. The highest BCUT2D eigenvalue weighted by Gasteiger charge is 2.25. The number of rotatable bonds is 3. The Morgan fingerprint density at radius 1 is 1.00 bits per heavy atom. The molecule has 0 N–H and O–H groups in total. The van der Waals surface area contributed by atoms with Gasteiger partial charge >= 0.3 is 0 Å². The predicted molar refractivity (Wildman–Crippen MR) is 114 cm³/mol. The van der Waals surface area contributed by atoms with E-state index in [2.05, 4.69) is 21.9 Å². The summed E-state index contributed by atoms with van der Waals surface area (Å²) < 4.78 is 3.79. The highest BCUT2D eigenvalue weighted by Crippen LogP contribution is 2.23. The molecule has 1 fully saturated rings. The Morgan fingerprint density at radius 2 is 1.90 bits per heavy atom. The smallest absolute Gasteiger partial charge is 0.274 e. The van der Waals surface area contributed by atoms with Gasteiger partial charge in [0.15, 0.2) is 11.5 Å². The highest BCUT2D eigenvalue weighted by atomic mass is 16.2. The molecule has 0 atom stereocenters. The summed E-state index contributed by atoms with van der Waals surface area (Å²) >= 11 is 0. The second-order valence-corrected chi connectivity index (χ2v) is 7.54. The third-order valence-corrected chi connectivity index (χ3v) is 5.48. The number of hydrogen-bond acceptors (Lipinski definition) is 5. The van der Waals surface area contributed by atoms with Crippen molar-refractivity contribution in [3.8, 4) is 17.3 Å². The summed E-state index contributed by atoms with van der Waals surface area (Å²) in [4.78, 5) is 31.2. The molecule has 0 aliphatic carbocycles. The molecule has 5 rings (SSSR count). The van der Waals surface area contributed by atoms with E-state index in [9.17, 15) is 4.79 Å². The molecule has 1 aliphatic rings. The lowest BCUT2D eigenvalue weighted by Crippen LogP contribution is -2.34. The van der Waals surface area contributed by atoms with Gasteiger partial charge in [0.2, 0.25) is 0 Å². The molecule has 0 radical (unpaired) electrons. The minimum Gasteiger partial charge on any atom is -0.336 e. The van der Waals surface area contributed by atoms with Crippen LogP contribution in [-0.2, 0) is 0 Å². The number of likely N-dealkylation sites (N-methyl/N-ethyl adjacent to an activating group) is 1. The lowest BCUT2D eigenvalue weighted by molar-refractivity contribution is 0.0759. The van der Waals surface area contributed by atoms with E-state index in [0.717, 1.165) is 37.4 Å². The van der Waals surface area contributed by atoms with Crippen molar-refractivity contribution < 1.29 is 4.79 Å². The van der Waals surface area contributed by atoms with E-state index in [-0.39, 0.29) is 5.91 Å². The van der Waals surface area contributed by atoms with Gasteiger partial charge in [-0.2, -0.15) is 0 Å². The summed E-state index contributed by atoms with van der Waals surface area (Å²) in [6.45, 7) is 3.34. The van der Waals surface area contributed by atoms with E-state index >= 15 is 0 Å². The lowest BCUT2D eigenvalue weighted by atomic mass is 10.3. The average Bonchev–Trinajstić information content (AvgIpc) is 3.35. The van der Waals surface area contributed by atoms with Crippen LogP contribution in [0.25, 0.3) is 22.9 Å². The number of aromatic nitrogens is 5. The third kappa shape index (κ3) is 3.35. The molecule has 0 spiro atoms. The fraction of sp³-hybridized carbons (Fsp3) is 0.273. The Kier molecular flexibility index (Phi) is 4.76. The maximum Gasteiger partial charge on any atom is 0.274 e. The van der Waals surface area contributed by atoms with Crippen LogP contribution in [0, 0.1) is 0 Å². The summed E-state index contributed by atoms with van der Waals surface area (Å²) in [5.41, 5.74) is 1.96. The molecule has 0 saturated carbocycles. The van der Waals surface area contributed by atoms with Crippen molar-refractivity contribution in [2.24, 2.45) is 0 Å². The van der Waals surface area contributed by atoms with Crippen molar-refractivity contribution in [2.75, 3.05) is 33.2 Å². The molecule has 152 valence electrons. The Balaban J connectivity index is 1.53. The topological polar surface area (TPSA) is 71.6 Å². The molecule has 1 aliphatic heterocycles. The minimum atomic E-state index is -0.0237.